The van der Waals surface area contributed by atoms with E-state index < -0.39 is 10.0 Å². The minimum atomic E-state index is -3.58. The molecule has 0 bridgehead atoms. The summed E-state index contributed by atoms with van der Waals surface area (Å²) < 4.78 is 25.5. The molecule has 0 atom stereocenters. The molecule has 0 aliphatic heterocycles. The van der Waals surface area contributed by atoms with Crippen LogP contribution in [0.1, 0.15) is 16.7 Å². The van der Waals surface area contributed by atoms with Crippen LogP contribution in [0.5, 0.6) is 0 Å². The maximum absolute atomic E-state index is 12.3. The van der Waals surface area contributed by atoms with Gasteiger partial charge in [0, 0.05) is 18.1 Å². The first-order valence-electron chi connectivity index (χ1n) is 8.90. The van der Waals surface area contributed by atoms with Crippen molar-refractivity contribution in [3.8, 4) is 0 Å². The van der Waals surface area contributed by atoms with Crippen LogP contribution in [0, 0.1) is 13.8 Å². The van der Waals surface area contributed by atoms with E-state index >= 15 is 0 Å². The molecule has 5 nitrogen and oxygen atoms in total. The highest BCUT2D eigenvalue weighted by molar-refractivity contribution is 7.98. The fourth-order valence-electron chi connectivity index (χ4n) is 2.76. The third-order valence-corrected chi connectivity index (χ3v) is 6.91. The molecule has 0 aliphatic rings. The number of sulfonamides is 1. The van der Waals surface area contributed by atoms with Crippen molar-refractivity contribution in [3.05, 3.63) is 63.1 Å². The lowest BCUT2D eigenvalue weighted by Gasteiger charge is -2.22. The molecule has 0 aromatic heterocycles. The Kier molecular flexibility index (Phi) is 8.70. The zero-order valence-corrected chi connectivity index (χ0v) is 19.7. The van der Waals surface area contributed by atoms with Crippen LogP contribution in [0.3, 0.4) is 0 Å². The summed E-state index contributed by atoms with van der Waals surface area (Å²) in [5.74, 6) is 1.09. The highest BCUT2D eigenvalue weighted by atomic mass is 35.5. The van der Waals surface area contributed by atoms with Gasteiger partial charge in [-0.1, -0.05) is 35.3 Å². The second kappa shape index (κ2) is 10.6. The zero-order valence-electron chi connectivity index (χ0n) is 16.5. The van der Waals surface area contributed by atoms with E-state index in [9.17, 15) is 13.2 Å². The molecule has 29 heavy (non-hydrogen) atoms. The summed E-state index contributed by atoms with van der Waals surface area (Å²) in [4.78, 5) is 12.3. The zero-order chi connectivity index (χ0) is 21.6. The van der Waals surface area contributed by atoms with Crippen LogP contribution in [0.25, 0.3) is 0 Å². The van der Waals surface area contributed by atoms with Crippen molar-refractivity contribution < 1.29 is 13.2 Å². The van der Waals surface area contributed by atoms with E-state index in [0.717, 1.165) is 33.0 Å². The molecular formula is C20H24Cl2N2O3S2. The quantitative estimate of drug-likeness (QED) is 0.545. The van der Waals surface area contributed by atoms with Gasteiger partial charge in [-0.25, -0.2) is 8.42 Å². The largest absolute Gasteiger partial charge is 0.354 e. The minimum Gasteiger partial charge on any atom is -0.354 e. The van der Waals surface area contributed by atoms with Crippen molar-refractivity contribution in [1.82, 2.24) is 5.32 Å². The number of hydrogen-bond donors (Lipinski definition) is 1. The summed E-state index contributed by atoms with van der Waals surface area (Å²) in [6.07, 6.45) is 1.10. The summed E-state index contributed by atoms with van der Waals surface area (Å²) in [5.41, 5.74) is 3.42. The van der Waals surface area contributed by atoms with E-state index in [0.29, 0.717) is 28.0 Å². The van der Waals surface area contributed by atoms with E-state index in [1.165, 1.54) is 0 Å². The molecule has 1 amide bonds. The molecular weight excluding hydrogens is 451 g/mol. The SMILES string of the molecule is Cc1cc(C)cc(N(CC(=O)NCCSCc2ccc(Cl)c(Cl)c2)S(C)(=O)=O)c1. The molecule has 158 valence electrons. The first-order valence-corrected chi connectivity index (χ1v) is 12.7. The molecule has 0 spiro atoms. The van der Waals surface area contributed by atoms with E-state index in [2.05, 4.69) is 5.32 Å². The first-order chi connectivity index (χ1) is 13.6. The lowest BCUT2D eigenvalue weighted by molar-refractivity contribution is -0.119. The van der Waals surface area contributed by atoms with Gasteiger partial charge in [-0.05, 0) is 54.8 Å². The molecule has 2 rings (SSSR count). The van der Waals surface area contributed by atoms with E-state index in [-0.39, 0.29) is 12.5 Å². The Morgan fingerprint density at radius 2 is 1.72 bits per heavy atom. The van der Waals surface area contributed by atoms with Gasteiger partial charge in [-0.15, -0.1) is 0 Å². The van der Waals surface area contributed by atoms with Crippen LogP contribution in [-0.2, 0) is 20.6 Å². The fourth-order valence-corrected chi connectivity index (χ4v) is 4.73. The number of nitrogens with one attached hydrogen (secondary N) is 1. The maximum atomic E-state index is 12.3. The van der Waals surface area contributed by atoms with Gasteiger partial charge in [0.1, 0.15) is 6.54 Å². The van der Waals surface area contributed by atoms with Gasteiger partial charge in [-0.3, -0.25) is 9.10 Å². The Hall–Kier alpha value is -1.41. The van der Waals surface area contributed by atoms with E-state index in [4.69, 9.17) is 23.2 Å². The molecule has 0 saturated carbocycles. The van der Waals surface area contributed by atoms with Gasteiger partial charge in [0.15, 0.2) is 0 Å². The predicted octanol–water partition coefficient (Wildman–Crippen LogP) is 4.43. The number of anilines is 1. The van der Waals surface area contributed by atoms with Gasteiger partial charge >= 0.3 is 0 Å². The molecule has 0 heterocycles. The Bertz CT molecular complexity index is 961. The molecule has 0 aliphatic carbocycles. The highest BCUT2D eigenvalue weighted by Gasteiger charge is 2.21. The number of hydrogen-bond acceptors (Lipinski definition) is 4. The molecule has 9 heteroatoms. The Labute approximate surface area is 186 Å². The molecule has 0 fully saturated rings. The molecule has 0 unspecified atom stereocenters. The van der Waals surface area contributed by atoms with Crippen LogP contribution in [0.15, 0.2) is 36.4 Å². The third-order valence-electron chi connectivity index (χ3n) is 4.00. The van der Waals surface area contributed by atoms with E-state index in [1.54, 1.807) is 30.0 Å². The minimum absolute atomic E-state index is 0.251. The fraction of sp³-hybridized carbons (Fsp3) is 0.350. The van der Waals surface area contributed by atoms with Crippen molar-refractivity contribution in [1.29, 1.82) is 0 Å². The lowest BCUT2D eigenvalue weighted by atomic mass is 10.1. The van der Waals surface area contributed by atoms with Crippen molar-refractivity contribution in [2.75, 3.05) is 29.4 Å². The maximum Gasteiger partial charge on any atom is 0.240 e. The first kappa shape index (κ1) is 23.9. The summed E-state index contributed by atoms with van der Waals surface area (Å²) in [6, 6.07) is 11.0. The Morgan fingerprint density at radius 3 is 2.31 bits per heavy atom. The number of thioether (sulfide) groups is 1. The van der Waals surface area contributed by atoms with Crippen LogP contribution < -0.4 is 9.62 Å². The second-order valence-corrected chi connectivity index (χ2v) is 10.6. The number of benzene rings is 2. The number of nitrogens with zero attached hydrogens (tertiary/aromatic N) is 1. The molecule has 2 aromatic rings. The van der Waals surface area contributed by atoms with Gasteiger partial charge in [0.2, 0.25) is 15.9 Å². The summed E-state index contributed by atoms with van der Waals surface area (Å²) in [7, 11) is -3.58. The number of rotatable bonds is 9. The van der Waals surface area contributed by atoms with Crippen LogP contribution >= 0.6 is 35.0 Å². The molecule has 1 N–H and O–H groups in total. The standard InChI is InChI=1S/C20H24Cl2N2O3S2/c1-14-8-15(2)10-17(9-14)24(29(3,26)27)12-20(25)23-6-7-28-13-16-4-5-18(21)19(22)11-16/h4-5,8-11H,6-7,12-13H2,1-3H3,(H,23,25). The van der Waals surface area contributed by atoms with Crippen LogP contribution in [0.2, 0.25) is 10.0 Å². The average molecular weight is 475 g/mol. The second-order valence-electron chi connectivity index (χ2n) is 6.77. The number of aryl methyl sites for hydroxylation is 2. The van der Waals surface area contributed by atoms with Crippen LogP contribution in [0.4, 0.5) is 5.69 Å². The molecule has 2 aromatic carbocycles. The van der Waals surface area contributed by atoms with Crippen molar-refractivity contribution >= 4 is 56.6 Å². The van der Waals surface area contributed by atoms with Crippen molar-refractivity contribution in [2.24, 2.45) is 0 Å². The molecule has 0 radical (unpaired) electrons. The predicted molar refractivity (Wildman–Crippen MR) is 124 cm³/mol. The normalized spacial score (nSPS) is 11.3. The monoisotopic (exact) mass is 474 g/mol. The summed E-state index contributed by atoms with van der Waals surface area (Å²) in [6.45, 7) is 3.97. The number of carbonyl (C=O) groups excluding carboxylic acids is 1. The Balaban J connectivity index is 1.86. The highest BCUT2D eigenvalue weighted by Crippen LogP contribution is 2.24. The van der Waals surface area contributed by atoms with Crippen molar-refractivity contribution in [2.45, 2.75) is 19.6 Å². The Morgan fingerprint density at radius 1 is 1.07 bits per heavy atom. The number of amides is 1. The van der Waals surface area contributed by atoms with Crippen LogP contribution in [-0.4, -0.2) is 39.4 Å². The molecule has 0 saturated heterocycles. The third kappa shape index (κ3) is 7.74. The summed E-state index contributed by atoms with van der Waals surface area (Å²) >= 11 is 13.5. The topological polar surface area (TPSA) is 66.5 Å². The number of carbonyl (C=O) groups is 1. The van der Waals surface area contributed by atoms with Crippen molar-refractivity contribution in [3.63, 3.8) is 0 Å². The average Bonchev–Trinajstić information content (AvgIpc) is 2.60. The smallest absolute Gasteiger partial charge is 0.240 e. The van der Waals surface area contributed by atoms with Gasteiger partial charge in [0.25, 0.3) is 0 Å². The van der Waals surface area contributed by atoms with Gasteiger partial charge in [-0.2, -0.15) is 11.8 Å². The summed E-state index contributed by atoms with van der Waals surface area (Å²) in [5, 5.41) is 3.82. The van der Waals surface area contributed by atoms with E-state index in [1.807, 2.05) is 32.0 Å². The lowest BCUT2D eigenvalue weighted by Crippen LogP contribution is -2.41. The number of halogens is 2. The van der Waals surface area contributed by atoms with Gasteiger partial charge in [0.05, 0.1) is 22.0 Å². The van der Waals surface area contributed by atoms with Gasteiger partial charge < -0.3 is 5.32 Å².